The van der Waals surface area contributed by atoms with Crippen LogP contribution in [0.1, 0.15) is 62.3 Å². The number of carbonyl (C=O) groups excluding carboxylic acids is 1. The van der Waals surface area contributed by atoms with Crippen molar-refractivity contribution in [1.29, 1.82) is 0 Å². The maximum absolute atomic E-state index is 14.8. The van der Waals surface area contributed by atoms with Crippen molar-refractivity contribution in [1.82, 2.24) is 4.90 Å². The number of hydrogen-bond donors (Lipinski definition) is 0. The largest absolute Gasteiger partial charge is 0.444 e. The van der Waals surface area contributed by atoms with Crippen molar-refractivity contribution in [2.45, 2.75) is 65.0 Å². The third kappa shape index (κ3) is 4.68. The van der Waals surface area contributed by atoms with Crippen molar-refractivity contribution >= 4 is 38.0 Å². The van der Waals surface area contributed by atoms with Gasteiger partial charge in [-0.1, -0.05) is 12.1 Å². The highest BCUT2D eigenvalue weighted by molar-refractivity contribution is 9.10. The van der Waals surface area contributed by atoms with Gasteiger partial charge in [-0.05, 0) is 120 Å². The summed E-state index contributed by atoms with van der Waals surface area (Å²) in [5.74, 6) is -0.836. The van der Waals surface area contributed by atoms with E-state index in [4.69, 9.17) is 4.74 Å². The van der Waals surface area contributed by atoms with Gasteiger partial charge in [-0.25, -0.2) is 13.6 Å². The molecule has 0 N–H and O–H groups in total. The molecule has 0 spiro atoms. The molecule has 0 aliphatic carbocycles. The Morgan fingerprint density at radius 1 is 0.968 bits per heavy atom. The molecule has 1 heterocycles. The van der Waals surface area contributed by atoms with Gasteiger partial charge in [-0.3, -0.25) is 4.90 Å². The monoisotopic (exact) mass is 557 g/mol. The van der Waals surface area contributed by atoms with Gasteiger partial charge in [0.2, 0.25) is 0 Å². The van der Waals surface area contributed by atoms with E-state index in [2.05, 4.69) is 31.9 Å². The van der Waals surface area contributed by atoms with Gasteiger partial charge in [0, 0.05) is 6.54 Å². The number of piperidine rings is 1. The molecule has 3 rings (SSSR count). The minimum absolute atomic E-state index is 0.379. The average molecular weight is 559 g/mol. The van der Waals surface area contributed by atoms with Crippen molar-refractivity contribution in [2.24, 2.45) is 0 Å². The van der Waals surface area contributed by atoms with Crippen molar-refractivity contribution in [3.8, 4) is 0 Å². The summed E-state index contributed by atoms with van der Waals surface area (Å²) in [6.45, 7) is 9.47. The normalized spacial score (nSPS) is 16.4. The van der Waals surface area contributed by atoms with Gasteiger partial charge < -0.3 is 4.74 Å². The predicted molar refractivity (Wildman–Crippen MR) is 125 cm³/mol. The highest BCUT2D eigenvalue weighted by Crippen LogP contribution is 2.46. The van der Waals surface area contributed by atoms with E-state index >= 15 is 0 Å². The van der Waals surface area contributed by atoms with Gasteiger partial charge in [-0.15, -0.1) is 0 Å². The molecule has 1 amide bonds. The lowest BCUT2D eigenvalue weighted by Crippen LogP contribution is -2.54. The number of halogens is 4. The molecule has 1 aliphatic heterocycles. The van der Waals surface area contributed by atoms with Crippen LogP contribution in [0.2, 0.25) is 0 Å². The molecule has 0 radical (unpaired) electrons. The molecule has 0 saturated carbocycles. The van der Waals surface area contributed by atoms with Crippen LogP contribution < -0.4 is 0 Å². The number of amides is 1. The molecule has 168 valence electrons. The molecule has 7 heteroatoms. The molecule has 1 aliphatic rings. The Morgan fingerprint density at radius 2 is 1.45 bits per heavy atom. The molecular weight excluding hydrogens is 532 g/mol. The Labute approximate surface area is 199 Å². The first-order chi connectivity index (χ1) is 14.4. The minimum Gasteiger partial charge on any atom is -0.444 e. The Balaban J connectivity index is 2.31. The fourth-order valence-corrected chi connectivity index (χ4v) is 4.70. The number of aryl methyl sites for hydroxylation is 2. The summed E-state index contributed by atoms with van der Waals surface area (Å²) in [4.78, 5) is 15.0. The maximum Gasteiger partial charge on any atom is 0.411 e. The predicted octanol–water partition coefficient (Wildman–Crippen LogP) is 7.77. The molecule has 0 aromatic heterocycles. The quantitative estimate of drug-likeness (QED) is 0.377. The fourth-order valence-electron chi connectivity index (χ4n) is 4.24. The van der Waals surface area contributed by atoms with E-state index in [1.807, 2.05) is 32.9 Å². The first kappa shape index (κ1) is 24.2. The summed E-state index contributed by atoms with van der Waals surface area (Å²) in [6.07, 6.45) is 1.64. The zero-order valence-corrected chi connectivity index (χ0v) is 21.6. The highest BCUT2D eigenvalue weighted by Gasteiger charge is 2.47. The zero-order valence-electron chi connectivity index (χ0n) is 18.4. The van der Waals surface area contributed by atoms with Crippen LogP contribution >= 0.6 is 31.9 Å². The molecule has 0 bridgehead atoms. The Kier molecular flexibility index (Phi) is 6.87. The van der Waals surface area contributed by atoms with Gasteiger partial charge in [0.1, 0.15) is 17.2 Å². The number of carbonyl (C=O) groups is 1. The van der Waals surface area contributed by atoms with Crippen LogP contribution in [0.15, 0.2) is 33.2 Å². The molecule has 0 atom stereocenters. The van der Waals surface area contributed by atoms with E-state index in [1.165, 1.54) is 12.1 Å². The molecule has 1 saturated heterocycles. The van der Waals surface area contributed by atoms with Crippen LogP contribution in [-0.2, 0) is 10.3 Å². The molecular formula is C24H27Br2F2NO2. The molecule has 31 heavy (non-hydrogen) atoms. The van der Waals surface area contributed by atoms with Crippen LogP contribution in [0.5, 0.6) is 0 Å². The Bertz CT molecular complexity index is 914. The van der Waals surface area contributed by atoms with Gasteiger partial charge in [0.25, 0.3) is 0 Å². The van der Waals surface area contributed by atoms with Crippen molar-refractivity contribution in [3.05, 3.63) is 67.1 Å². The lowest BCUT2D eigenvalue weighted by atomic mass is 9.74. The van der Waals surface area contributed by atoms with Crippen LogP contribution in [0.3, 0.4) is 0 Å². The molecule has 0 unspecified atom stereocenters. The second-order valence-corrected chi connectivity index (χ2v) is 10.7. The third-order valence-electron chi connectivity index (χ3n) is 5.62. The summed E-state index contributed by atoms with van der Waals surface area (Å²) in [6, 6.07) is 6.61. The highest BCUT2D eigenvalue weighted by atomic mass is 79.9. The first-order valence-electron chi connectivity index (χ1n) is 10.3. The second-order valence-electron chi connectivity index (χ2n) is 9.13. The summed E-state index contributed by atoms with van der Waals surface area (Å²) in [7, 11) is 0. The smallest absolute Gasteiger partial charge is 0.411 e. The fraction of sp³-hybridized carbons (Fsp3) is 0.458. The van der Waals surface area contributed by atoms with Crippen LogP contribution in [0.4, 0.5) is 13.6 Å². The van der Waals surface area contributed by atoms with E-state index in [0.29, 0.717) is 44.2 Å². The Hall–Kier alpha value is -1.47. The maximum atomic E-state index is 14.8. The summed E-state index contributed by atoms with van der Waals surface area (Å²) in [5.41, 5.74) is 0.896. The number of likely N-dealkylation sites (tertiary alicyclic amines) is 1. The average Bonchev–Trinajstić information content (AvgIpc) is 2.68. The minimum atomic E-state index is -1.04. The number of hydrogen-bond acceptors (Lipinski definition) is 2. The first-order valence-corrected chi connectivity index (χ1v) is 11.9. The number of benzene rings is 2. The molecule has 3 nitrogen and oxygen atoms in total. The Morgan fingerprint density at radius 3 is 1.87 bits per heavy atom. The van der Waals surface area contributed by atoms with Crippen molar-refractivity contribution in [3.63, 3.8) is 0 Å². The van der Waals surface area contributed by atoms with Gasteiger partial charge in [-0.2, -0.15) is 0 Å². The van der Waals surface area contributed by atoms with Gasteiger partial charge >= 0.3 is 6.09 Å². The number of ether oxygens (including phenoxy) is 1. The summed E-state index contributed by atoms with van der Waals surface area (Å²) < 4.78 is 36.2. The lowest BCUT2D eigenvalue weighted by Gasteiger charge is -2.48. The topological polar surface area (TPSA) is 29.5 Å². The number of nitrogens with zero attached hydrogens (tertiary/aromatic N) is 1. The SMILES string of the molecule is Cc1cc(C2(c3cc(C)c(Br)c(F)c3)CCCCN2C(=O)OC(C)(C)C)cc(F)c1Br. The molecule has 1 fully saturated rings. The number of rotatable bonds is 2. The van der Waals surface area contributed by atoms with Crippen LogP contribution in [0, 0.1) is 25.5 Å². The molecule has 2 aromatic rings. The molecule has 2 aromatic carbocycles. The van der Waals surface area contributed by atoms with Crippen LogP contribution in [0.25, 0.3) is 0 Å². The standard InChI is InChI=1S/C24H27Br2F2NO2/c1-14-10-16(12-18(27)20(14)25)24(17-11-15(2)21(26)19(28)13-17)8-6-7-9-29(24)22(30)31-23(3,4)5/h10-13H,6-9H2,1-5H3. The van der Waals surface area contributed by atoms with Crippen LogP contribution in [-0.4, -0.2) is 23.1 Å². The van der Waals surface area contributed by atoms with E-state index in [-0.39, 0.29) is 0 Å². The van der Waals surface area contributed by atoms with E-state index in [9.17, 15) is 13.6 Å². The summed E-state index contributed by atoms with van der Waals surface area (Å²) >= 11 is 6.56. The van der Waals surface area contributed by atoms with Gasteiger partial charge in [0.05, 0.1) is 14.5 Å². The van der Waals surface area contributed by atoms with E-state index in [0.717, 1.165) is 12.8 Å². The second kappa shape index (κ2) is 8.81. The van der Waals surface area contributed by atoms with E-state index in [1.54, 1.807) is 18.7 Å². The van der Waals surface area contributed by atoms with Crippen molar-refractivity contribution in [2.75, 3.05) is 6.54 Å². The van der Waals surface area contributed by atoms with E-state index < -0.39 is 28.9 Å². The van der Waals surface area contributed by atoms with Crippen molar-refractivity contribution < 1.29 is 18.3 Å². The lowest BCUT2D eigenvalue weighted by molar-refractivity contribution is -0.00718. The third-order valence-corrected chi connectivity index (χ3v) is 7.63. The summed E-state index contributed by atoms with van der Waals surface area (Å²) in [5, 5.41) is 0. The zero-order chi connectivity index (χ0) is 23.1. The van der Waals surface area contributed by atoms with Gasteiger partial charge in [0.15, 0.2) is 0 Å².